The molecule has 1 aliphatic rings. The van der Waals surface area contributed by atoms with Crippen LogP contribution in [0.2, 0.25) is 0 Å². The van der Waals surface area contributed by atoms with Gasteiger partial charge in [0.25, 0.3) is 0 Å². The van der Waals surface area contributed by atoms with Crippen molar-refractivity contribution in [2.75, 3.05) is 6.61 Å². The van der Waals surface area contributed by atoms with Gasteiger partial charge in [-0.25, -0.2) is 4.57 Å². The average Bonchev–Trinajstić information content (AvgIpc) is 3.21. The number of phosphoric ester groups is 1. The minimum atomic E-state index is -5.14. The van der Waals surface area contributed by atoms with Crippen LogP contribution in [-0.2, 0) is 18.4 Å². The zero-order chi connectivity index (χ0) is 43.7. The van der Waals surface area contributed by atoms with E-state index in [0.29, 0.717) is 12.8 Å². The first-order valence-corrected chi connectivity index (χ1v) is 24.9. The first-order chi connectivity index (χ1) is 28.3. The Labute approximate surface area is 356 Å². The van der Waals surface area contributed by atoms with Crippen LogP contribution in [0.5, 0.6) is 0 Å². The van der Waals surface area contributed by atoms with E-state index >= 15 is 0 Å². The maximum Gasteiger partial charge on any atom is 0.472 e. The van der Waals surface area contributed by atoms with Gasteiger partial charge in [-0.3, -0.25) is 13.8 Å². The van der Waals surface area contributed by atoms with Gasteiger partial charge in [-0.1, -0.05) is 179 Å². The van der Waals surface area contributed by atoms with E-state index in [0.717, 1.165) is 44.9 Å². The lowest BCUT2D eigenvalue weighted by Gasteiger charge is -2.41. The van der Waals surface area contributed by atoms with E-state index in [9.17, 15) is 50.0 Å². The van der Waals surface area contributed by atoms with Gasteiger partial charge in [-0.2, -0.15) is 0 Å². The number of nitrogens with one attached hydrogen (secondary N) is 1. The number of unbranched alkanes of at least 4 members (excludes halogenated alkanes) is 23. The van der Waals surface area contributed by atoms with Crippen molar-refractivity contribution >= 4 is 13.7 Å². The van der Waals surface area contributed by atoms with Crippen molar-refractivity contribution in [3.05, 3.63) is 24.3 Å². The van der Waals surface area contributed by atoms with Gasteiger partial charge >= 0.3 is 7.82 Å². The molecule has 0 aromatic heterocycles. The molecule has 1 saturated carbocycles. The lowest BCUT2D eigenvalue weighted by Crippen LogP contribution is -2.64. The summed E-state index contributed by atoms with van der Waals surface area (Å²) in [6, 6.07) is -1.25. The second-order valence-electron chi connectivity index (χ2n) is 16.8. The summed E-state index contributed by atoms with van der Waals surface area (Å²) in [7, 11) is -5.14. The van der Waals surface area contributed by atoms with Crippen LogP contribution in [-0.4, -0.2) is 108 Å². The molecule has 1 fully saturated rings. The Bertz CT molecular complexity index is 1110. The molecule has 0 aromatic carbocycles. The Hall–Kier alpha value is -1.22. The van der Waals surface area contributed by atoms with Gasteiger partial charge in [0.05, 0.1) is 31.3 Å². The molecule has 9 N–H and O–H groups in total. The Balaban J connectivity index is 2.55. The predicted octanol–water partition coefficient (Wildman–Crippen LogP) is 7.59. The third-order valence-corrected chi connectivity index (χ3v) is 12.3. The monoisotopic (exact) mass is 864 g/mol. The molecule has 8 atom stereocenters. The summed E-state index contributed by atoms with van der Waals surface area (Å²) in [4.78, 5) is 23.4. The fourth-order valence-electron chi connectivity index (χ4n) is 7.43. The van der Waals surface area contributed by atoms with Crippen molar-refractivity contribution in [1.29, 1.82) is 0 Å². The summed E-state index contributed by atoms with van der Waals surface area (Å²) in [6.07, 6.45) is 24.2. The Morgan fingerprint density at radius 2 is 1.00 bits per heavy atom. The van der Waals surface area contributed by atoms with Crippen molar-refractivity contribution in [3.63, 3.8) is 0 Å². The van der Waals surface area contributed by atoms with E-state index in [1.165, 1.54) is 122 Å². The van der Waals surface area contributed by atoms with Crippen molar-refractivity contribution in [2.24, 2.45) is 0 Å². The number of hydrogen-bond acceptors (Lipinski definition) is 11. The van der Waals surface area contributed by atoms with Gasteiger partial charge in [-0.15, -0.1) is 0 Å². The maximum absolute atomic E-state index is 13.0. The van der Waals surface area contributed by atoms with Crippen LogP contribution in [0, 0.1) is 0 Å². The highest BCUT2D eigenvalue weighted by atomic mass is 31.2. The molecule has 0 heterocycles. The van der Waals surface area contributed by atoms with E-state index in [-0.39, 0.29) is 6.42 Å². The molecule has 1 aliphatic carbocycles. The van der Waals surface area contributed by atoms with Gasteiger partial charge in [0, 0.05) is 0 Å². The van der Waals surface area contributed by atoms with Crippen molar-refractivity contribution < 1.29 is 59.0 Å². The van der Waals surface area contributed by atoms with Crippen LogP contribution in [0.3, 0.4) is 0 Å². The maximum atomic E-state index is 13.0. The molecule has 8 unspecified atom stereocenters. The van der Waals surface area contributed by atoms with Gasteiger partial charge in [0.2, 0.25) is 5.91 Å². The Morgan fingerprint density at radius 3 is 1.49 bits per heavy atom. The third kappa shape index (κ3) is 27.5. The van der Waals surface area contributed by atoms with E-state index in [2.05, 4.69) is 31.3 Å². The first-order valence-electron chi connectivity index (χ1n) is 23.4. The molecule has 1 rings (SSSR count). The molecular weight excluding hydrogens is 777 g/mol. The third-order valence-electron chi connectivity index (χ3n) is 11.3. The molecule has 13 nitrogen and oxygen atoms in total. The minimum Gasteiger partial charge on any atom is -0.393 e. The number of carbonyl (C=O) groups excluding carboxylic acids is 1. The molecule has 348 valence electrons. The van der Waals surface area contributed by atoms with Crippen molar-refractivity contribution in [3.8, 4) is 0 Å². The number of aliphatic hydroxyl groups is 7. The Morgan fingerprint density at radius 1 is 0.593 bits per heavy atom. The van der Waals surface area contributed by atoms with Gasteiger partial charge < -0.3 is 46.0 Å². The number of aliphatic hydroxyl groups excluding tert-OH is 7. The molecule has 0 aromatic rings. The van der Waals surface area contributed by atoms with E-state index in [1.54, 1.807) is 6.08 Å². The molecule has 14 heteroatoms. The Kier molecular flexibility index (Phi) is 33.3. The molecule has 0 spiro atoms. The predicted molar refractivity (Wildman–Crippen MR) is 234 cm³/mol. The second-order valence-corrected chi connectivity index (χ2v) is 18.2. The lowest BCUT2D eigenvalue weighted by atomic mass is 9.85. The number of carbonyl (C=O) groups is 1. The van der Waals surface area contributed by atoms with Gasteiger partial charge in [0.15, 0.2) is 0 Å². The zero-order valence-corrected chi connectivity index (χ0v) is 37.6. The van der Waals surface area contributed by atoms with E-state index in [1.807, 2.05) is 0 Å². The number of hydrogen-bond donors (Lipinski definition) is 9. The van der Waals surface area contributed by atoms with Crippen LogP contribution >= 0.6 is 7.82 Å². The van der Waals surface area contributed by atoms with Crippen LogP contribution in [0.15, 0.2) is 24.3 Å². The SMILES string of the molecule is CCCCCCCCC/C=C/CC/C=C/C(O)C(COP(=O)(O)OC1C(O)C(O)C(O)C(O)C1O)NC(=O)CC(O)CCCCCCCCCCCCCCCCCC. The first kappa shape index (κ1) is 55.8. The summed E-state index contributed by atoms with van der Waals surface area (Å²) in [5.41, 5.74) is 0. The van der Waals surface area contributed by atoms with Crippen LogP contribution in [0.25, 0.3) is 0 Å². The number of amides is 1. The van der Waals surface area contributed by atoms with Crippen LogP contribution in [0.4, 0.5) is 0 Å². The summed E-state index contributed by atoms with van der Waals surface area (Å²) >= 11 is 0. The fraction of sp³-hybridized carbons (Fsp3) is 0.889. The van der Waals surface area contributed by atoms with Crippen molar-refractivity contribution in [1.82, 2.24) is 5.32 Å². The van der Waals surface area contributed by atoms with Crippen LogP contribution in [0.1, 0.15) is 194 Å². The minimum absolute atomic E-state index is 0.249. The van der Waals surface area contributed by atoms with Crippen LogP contribution < -0.4 is 5.32 Å². The van der Waals surface area contributed by atoms with Gasteiger partial charge in [0.1, 0.15) is 36.6 Å². The van der Waals surface area contributed by atoms with Crippen molar-refractivity contribution in [2.45, 2.75) is 249 Å². The highest BCUT2D eigenvalue weighted by molar-refractivity contribution is 7.47. The highest BCUT2D eigenvalue weighted by Gasteiger charge is 2.51. The normalized spacial score (nSPS) is 23.8. The van der Waals surface area contributed by atoms with Gasteiger partial charge in [-0.05, 0) is 32.1 Å². The summed E-state index contributed by atoms with van der Waals surface area (Å²) in [5.74, 6) is -0.601. The highest BCUT2D eigenvalue weighted by Crippen LogP contribution is 2.47. The van der Waals surface area contributed by atoms with E-state index < -0.39 is 75.2 Å². The summed E-state index contributed by atoms with van der Waals surface area (Å²) < 4.78 is 22.8. The average molecular weight is 864 g/mol. The molecule has 0 aliphatic heterocycles. The summed E-state index contributed by atoms with van der Waals surface area (Å²) in [6.45, 7) is 3.71. The summed E-state index contributed by atoms with van der Waals surface area (Å²) in [5, 5.41) is 74.4. The molecule has 0 radical (unpaired) electrons. The standard InChI is InChI=1S/C45H86NO12P/c1-3-5-7-9-11-13-15-17-18-19-21-22-24-26-28-30-32-36(47)34-39(49)46-37(38(48)33-31-29-27-25-23-20-16-14-12-10-8-6-4-2)35-57-59(55,56)58-45-43(53)41(51)40(50)42(52)44(45)54/h23,25,31,33,36-38,40-45,47-48,50-54H,3-22,24,26-30,32,34-35H2,1-2H3,(H,46,49)(H,55,56)/b25-23+,33-31+. The molecule has 59 heavy (non-hydrogen) atoms. The quantitative estimate of drug-likeness (QED) is 0.0166. The molecular formula is C45H86NO12P. The fourth-order valence-corrected chi connectivity index (χ4v) is 8.40. The lowest BCUT2D eigenvalue weighted by molar-refractivity contribution is -0.220. The number of phosphoric acid groups is 1. The molecule has 1 amide bonds. The molecule has 0 bridgehead atoms. The number of rotatable bonds is 38. The topological polar surface area (TPSA) is 226 Å². The number of allylic oxidation sites excluding steroid dienone is 3. The largest absolute Gasteiger partial charge is 0.472 e. The molecule has 0 saturated heterocycles. The van der Waals surface area contributed by atoms with E-state index in [4.69, 9.17) is 9.05 Å². The smallest absolute Gasteiger partial charge is 0.393 e. The zero-order valence-electron chi connectivity index (χ0n) is 36.7. The second kappa shape index (κ2) is 35.3.